The Balaban J connectivity index is 2.96. The van der Waals surface area contributed by atoms with Crippen LogP contribution in [0.5, 0.6) is 0 Å². The fraction of sp³-hybridized carbons (Fsp3) is 0.444. The van der Waals surface area contributed by atoms with Crippen molar-refractivity contribution >= 4 is 40.1 Å². The summed E-state index contributed by atoms with van der Waals surface area (Å²) < 4.78 is 5.56. The molecule has 0 saturated carbocycles. The fourth-order valence-electron chi connectivity index (χ4n) is 0.976. The summed E-state index contributed by atoms with van der Waals surface area (Å²) >= 11 is 2.64. The van der Waals surface area contributed by atoms with Gasteiger partial charge in [-0.1, -0.05) is 23.1 Å². The van der Waals surface area contributed by atoms with Gasteiger partial charge >= 0.3 is 12.0 Å². The highest BCUT2D eigenvalue weighted by atomic mass is 32.2. The van der Waals surface area contributed by atoms with Crippen LogP contribution in [0.1, 0.15) is 17.4 Å². The Kier molecular flexibility index (Phi) is 5.23. The lowest BCUT2D eigenvalue weighted by atomic mass is 10.4. The van der Waals surface area contributed by atoms with Crippen molar-refractivity contribution in [2.75, 3.05) is 25.2 Å². The summed E-state index contributed by atoms with van der Waals surface area (Å²) in [5, 5.41) is 5.35. The molecule has 1 rings (SSSR count). The Labute approximate surface area is 107 Å². The Morgan fingerprint density at radius 3 is 2.76 bits per heavy atom. The van der Waals surface area contributed by atoms with E-state index in [1.54, 1.807) is 6.92 Å². The number of carbonyl (C=O) groups is 2. The van der Waals surface area contributed by atoms with Gasteiger partial charge in [-0.25, -0.2) is 14.6 Å². The van der Waals surface area contributed by atoms with Gasteiger partial charge in [0.2, 0.25) is 0 Å². The molecule has 6 nitrogen and oxygen atoms in total. The van der Waals surface area contributed by atoms with Crippen LogP contribution in [0.2, 0.25) is 0 Å². The summed E-state index contributed by atoms with van der Waals surface area (Å²) in [7, 11) is 1.50. The average molecular weight is 275 g/mol. The van der Waals surface area contributed by atoms with Gasteiger partial charge in [0.05, 0.1) is 6.61 Å². The molecule has 0 atom stereocenters. The van der Waals surface area contributed by atoms with Gasteiger partial charge in [0.15, 0.2) is 10.0 Å². The number of esters is 1. The number of urea groups is 1. The molecule has 0 aromatic carbocycles. The molecule has 1 heterocycles. The first kappa shape index (κ1) is 13.8. The van der Waals surface area contributed by atoms with Gasteiger partial charge in [0.25, 0.3) is 0 Å². The van der Waals surface area contributed by atoms with Gasteiger partial charge in [0.1, 0.15) is 5.00 Å². The lowest BCUT2D eigenvalue weighted by molar-refractivity contribution is 0.0521. The van der Waals surface area contributed by atoms with Crippen molar-refractivity contribution < 1.29 is 14.3 Å². The zero-order valence-corrected chi connectivity index (χ0v) is 11.3. The molecule has 0 spiro atoms. The molecule has 0 unspecified atom stereocenters. The topological polar surface area (TPSA) is 80.3 Å². The molecule has 0 aliphatic carbocycles. The van der Waals surface area contributed by atoms with Gasteiger partial charge in [-0.05, 0) is 13.2 Å². The number of aromatic nitrogens is 1. The second kappa shape index (κ2) is 6.45. The molecule has 1 aromatic heterocycles. The molecule has 0 fully saturated rings. The molecule has 2 amide bonds. The maximum absolute atomic E-state index is 11.6. The molecule has 0 saturated heterocycles. The first-order valence-electron chi connectivity index (χ1n) is 4.83. The minimum Gasteiger partial charge on any atom is -0.461 e. The van der Waals surface area contributed by atoms with Gasteiger partial charge in [-0.15, -0.1) is 0 Å². The van der Waals surface area contributed by atoms with Crippen LogP contribution in [0.3, 0.4) is 0 Å². The van der Waals surface area contributed by atoms with E-state index in [1.807, 2.05) is 6.26 Å². The van der Waals surface area contributed by atoms with E-state index in [1.165, 1.54) is 30.1 Å². The normalized spacial score (nSPS) is 9.82. The Bertz CT molecular complexity index is 420. The molecule has 8 heteroatoms. The third kappa shape index (κ3) is 3.60. The first-order chi connectivity index (χ1) is 8.12. The monoisotopic (exact) mass is 275 g/mol. The summed E-state index contributed by atoms with van der Waals surface area (Å²) in [6.45, 7) is 1.98. The zero-order chi connectivity index (χ0) is 12.8. The average Bonchev–Trinajstić information content (AvgIpc) is 2.72. The second-order valence-corrected chi connectivity index (χ2v) is 4.84. The Morgan fingerprint density at radius 1 is 1.53 bits per heavy atom. The maximum Gasteiger partial charge on any atom is 0.360 e. The molecule has 17 heavy (non-hydrogen) atoms. The number of nitrogens with one attached hydrogen (secondary N) is 2. The number of hydrogen-bond acceptors (Lipinski definition) is 6. The molecule has 0 radical (unpaired) electrons. The van der Waals surface area contributed by atoms with Gasteiger partial charge in [0, 0.05) is 7.05 Å². The van der Waals surface area contributed by atoms with E-state index in [0.29, 0.717) is 9.34 Å². The van der Waals surface area contributed by atoms with E-state index in [0.717, 1.165) is 0 Å². The molecule has 0 bridgehead atoms. The van der Waals surface area contributed by atoms with Crippen LogP contribution in [0.4, 0.5) is 9.80 Å². The van der Waals surface area contributed by atoms with E-state index >= 15 is 0 Å². The van der Waals surface area contributed by atoms with Crippen molar-refractivity contribution in [3.63, 3.8) is 0 Å². The van der Waals surface area contributed by atoms with Crippen LogP contribution in [0.15, 0.2) is 4.34 Å². The van der Waals surface area contributed by atoms with Crippen molar-refractivity contribution in [3.05, 3.63) is 5.69 Å². The number of amides is 2. The number of anilines is 1. The summed E-state index contributed by atoms with van der Waals surface area (Å²) in [6.07, 6.45) is 1.84. The molecule has 0 aliphatic heterocycles. The molecule has 1 aromatic rings. The molecule has 94 valence electrons. The molecular weight excluding hydrogens is 262 g/mol. The highest BCUT2D eigenvalue weighted by molar-refractivity contribution is 8.00. The van der Waals surface area contributed by atoms with Crippen LogP contribution >= 0.6 is 23.1 Å². The van der Waals surface area contributed by atoms with Crippen LogP contribution in [0.25, 0.3) is 0 Å². The number of hydrogen-bond donors (Lipinski definition) is 2. The van der Waals surface area contributed by atoms with Gasteiger partial charge < -0.3 is 10.1 Å². The van der Waals surface area contributed by atoms with Gasteiger partial charge in [-0.3, -0.25) is 5.32 Å². The predicted molar refractivity (Wildman–Crippen MR) is 67.9 cm³/mol. The summed E-state index contributed by atoms with van der Waals surface area (Å²) in [5.41, 5.74) is 0.143. The van der Waals surface area contributed by atoms with Crippen LogP contribution in [-0.2, 0) is 4.74 Å². The minimum atomic E-state index is -0.532. The predicted octanol–water partition coefficient (Wildman–Crippen LogP) is 1.79. The Morgan fingerprint density at radius 2 is 2.24 bits per heavy atom. The smallest absolute Gasteiger partial charge is 0.360 e. The highest BCUT2D eigenvalue weighted by Crippen LogP contribution is 2.30. The third-order valence-electron chi connectivity index (χ3n) is 1.71. The van der Waals surface area contributed by atoms with Crippen molar-refractivity contribution in [2.24, 2.45) is 0 Å². The van der Waals surface area contributed by atoms with Crippen molar-refractivity contribution in [3.8, 4) is 0 Å². The van der Waals surface area contributed by atoms with E-state index < -0.39 is 12.0 Å². The van der Waals surface area contributed by atoms with E-state index in [4.69, 9.17) is 4.74 Å². The quantitative estimate of drug-likeness (QED) is 0.647. The largest absolute Gasteiger partial charge is 0.461 e. The number of thioether (sulfide) groups is 1. The SMILES string of the molecule is CCOC(=O)c1nc(SC)sc1NC(=O)NC. The van der Waals surface area contributed by atoms with E-state index in [9.17, 15) is 9.59 Å². The van der Waals surface area contributed by atoms with Crippen LogP contribution < -0.4 is 10.6 Å². The summed E-state index contributed by atoms with van der Waals surface area (Å²) in [6, 6.07) is -0.396. The molecule has 0 aliphatic rings. The molecule has 2 N–H and O–H groups in total. The minimum absolute atomic E-state index is 0.143. The lowest BCUT2D eigenvalue weighted by Crippen LogP contribution is -2.25. The van der Waals surface area contributed by atoms with Crippen LogP contribution in [0, 0.1) is 0 Å². The number of thiazole rings is 1. The Hall–Kier alpha value is -1.28. The van der Waals surface area contributed by atoms with E-state index in [-0.39, 0.29) is 12.3 Å². The number of nitrogens with zero attached hydrogens (tertiary/aromatic N) is 1. The van der Waals surface area contributed by atoms with Crippen LogP contribution in [-0.4, -0.2) is 36.9 Å². The standard InChI is InChI=1S/C9H13N3O3S2/c1-4-15-7(13)5-6(12-8(14)10-2)17-9(11-5)16-3/h4H2,1-3H3,(H2,10,12,14). The van der Waals surface area contributed by atoms with Crippen molar-refractivity contribution in [2.45, 2.75) is 11.3 Å². The second-order valence-electron chi connectivity index (χ2n) is 2.79. The highest BCUT2D eigenvalue weighted by Gasteiger charge is 2.20. The maximum atomic E-state index is 11.6. The van der Waals surface area contributed by atoms with Crippen molar-refractivity contribution in [1.82, 2.24) is 10.3 Å². The van der Waals surface area contributed by atoms with E-state index in [2.05, 4.69) is 15.6 Å². The summed E-state index contributed by atoms with van der Waals surface area (Å²) in [5.74, 6) is -0.532. The molecular formula is C9H13N3O3S2. The van der Waals surface area contributed by atoms with Crippen molar-refractivity contribution in [1.29, 1.82) is 0 Å². The third-order valence-corrected chi connectivity index (χ3v) is 3.66. The summed E-state index contributed by atoms with van der Waals surface area (Å²) in [4.78, 5) is 26.9. The zero-order valence-electron chi connectivity index (χ0n) is 9.70. The number of rotatable bonds is 4. The lowest BCUT2D eigenvalue weighted by Gasteiger charge is -2.03. The fourth-order valence-corrected chi connectivity index (χ4v) is 2.42. The number of ether oxygens (including phenoxy) is 1. The number of carbonyl (C=O) groups excluding carboxylic acids is 2. The van der Waals surface area contributed by atoms with Gasteiger partial charge in [-0.2, -0.15) is 0 Å². The first-order valence-corrected chi connectivity index (χ1v) is 6.87.